The lowest BCUT2D eigenvalue weighted by Crippen LogP contribution is -2.51. The first-order valence-electron chi connectivity index (χ1n) is 10.1. The summed E-state index contributed by atoms with van der Waals surface area (Å²) in [6.45, 7) is 0.320. The molecule has 0 bridgehead atoms. The normalized spacial score (nSPS) is 17.5. The van der Waals surface area contributed by atoms with E-state index < -0.39 is 11.9 Å². The van der Waals surface area contributed by atoms with Crippen molar-refractivity contribution in [2.75, 3.05) is 0 Å². The van der Waals surface area contributed by atoms with Crippen molar-refractivity contribution in [1.29, 1.82) is 0 Å². The molecule has 1 atom stereocenters. The highest BCUT2D eigenvalue weighted by Crippen LogP contribution is 2.31. The number of rotatable bonds is 3. The van der Waals surface area contributed by atoms with Gasteiger partial charge < -0.3 is 10.6 Å². The Morgan fingerprint density at radius 2 is 1.77 bits per heavy atom. The molecule has 1 aromatic heterocycles. The third-order valence-corrected chi connectivity index (χ3v) is 6.04. The smallest absolute Gasteiger partial charge is 0.275 e. The first-order chi connectivity index (χ1) is 14.5. The van der Waals surface area contributed by atoms with Crippen LogP contribution in [0.15, 0.2) is 48.5 Å². The standard InChI is InChI=1S/C23H21FN4O2/c24-16-8-10-17(11-9-16)28-19-7-3-6-18(19)21(26-28)23(30)27-13-15-5-2-1-4-14(15)12-20(27)22(25)29/h1-2,4-5,8-11,20H,3,6-7,12-13H2,(H2,25,29)/t20-/m0/s1. The van der Waals surface area contributed by atoms with Crippen molar-refractivity contribution in [3.05, 3.63) is 82.4 Å². The van der Waals surface area contributed by atoms with Gasteiger partial charge in [-0.05, 0) is 54.7 Å². The summed E-state index contributed by atoms with van der Waals surface area (Å²) in [5.41, 5.74) is 10.7. The van der Waals surface area contributed by atoms with Crippen LogP contribution in [-0.4, -0.2) is 32.5 Å². The zero-order valence-corrected chi connectivity index (χ0v) is 16.3. The number of aromatic nitrogens is 2. The number of primary amides is 1. The lowest BCUT2D eigenvalue weighted by atomic mass is 9.93. The number of halogens is 1. The number of amides is 2. The number of hydrogen-bond acceptors (Lipinski definition) is 3. The van der Waals surface area contributed by atoms with Gasteiger partial charge in [-0.15, -0.1) is 0 Å². The molecular formula is C23H21FN4O2. The second-order valence-corrected chi connectivity index (χ2v) is 7.84. The van der Waals surface area contributed by atoms with Crippen molar-refractivity contribution in [2.45, 2.75) is 38.3 Å². The van der Waals surface area contributed by atoms with Crippen molar-refractivity contribution >= 4 is 11.8 Å². The van der Waals surface area contributed by atoms with E-state index in [9.17, 15) is 14.0 Å². The zero-order chi connectivity index (χ0) is 20.8. The van der Waals surface area contributed by atoms with Crippen LogP contribution < -0.4 is 5.73 Å². The van der Waals surface area contributed by atoms with Crippen molar-refractivity contribution < 1.29 is 14.0 Å². The molecule has 1 aliphatic carbocycles. The SMILES string of the molecule is NC(=O)[C@@H]1Cc2ccccc2CN1C(=O)c1nn(-c2ccc(F)cc2)c2c1CCC2. The van der Waals surface area contributed by atoms with Gasteiger partial charge in [0, 0.05) is 24.2 Å². The molecule has 3 aromatic rings. The van der Waals surface area contributed by atoms with Crippen LogP contribution >= 0.6 is 0 Å². The largest absolute Gasteiger partial charge is 0.368 e. The minimum atomic E-state index is -0.708. The molecule has 7 heteroatoms. The number of benzene rings is 2. The monoisotopic (exact) mass is 404 g/mol. The Hall–Kier alpha value is -3.48. The Morgan fingerprint density at radius 3 is 2.50 bits per heavy atom. The van der Waals surface area contributed by atoms with Crippen molar-refractivity contribution in [3.8, 4) is 5.69 Å². The fourth-order valence-electron chi connectivity index (χ4n) is 4.53. The number of carbonyl (C=O) groups excluding carboxylic acids is 2. The Labute approximate surface area is 173 Å². The first-order valence-corrected chi connectivity index (χ1v) is 10.1. The minimum absolute atomic E-state index is 0.285. The van der Waals surface area contributed by atoms with E-state index in [0.29, 0.717) is 24.3 Å². The molecule has 30 heavy (non-hydrogen) atoms. The molecule has 2 aromatic carbocycles. The topological polar surface area (TPSA) is 81.2 Å². The summed E-state index contributed by atoms with van der Waals surface area (Å²) in [7, 11) is 0. The van der Waals surface area contributed by atoms with Crippen molar-refractivity contribution in [3.63, 3.8) is 0 Å². The third-order valence-electron chi connectivity index (χ3n) is 6.04. The van der Waals surface area contributed by atoms with E-state index >= 15 is 0 Å². The molecule has 2 N–H and O–H groups in total. The molecular weight excluding hydrogens is 383 g/mol. The van der Waals surface area contributed by atoms with Crippen molar-refractivity contribution in [1.82, 2.24) is 14.7 Å². The predicted octanol–water partition coefficient (Wildman–Crippen LogP) is 2.55. The van der Waals surface area contributed by atoms with Gasteiger partial charge in [0.1, 0.15) is 11.9 Å². The number of hydrogen-bond donors (Lipinski definition) is 1. The molecule has 0 saturated heterocycles. The summed E-state index contributed by atoms with van der Waals surface area (Å²) in [5.74, 6) is -1.13. The van der Waals surface area contributed by atoms with Gasteiger partial charge in [0.05, 0.1) is 5.69 Å². The quantitative estimate of drug-likeness (QED) is 0.729. The summed E-state index contributed by atoms with van der Waals surface area (Å²) in [6.07, 6.45) is 2.88. The second-order valence-electron chi connectivity index (χ2n) is 7.84. The number of nitrogens with zero attached hydrogens (tertiary/aromatic N) is 3. The van der Waals surface area contributed by atoms with Gasteiger partial charge in [-0.3, -0.25) is 9.59 Å². The van der Waals surface area contributed by atoms with Gasteiger partial charge >= 0.3 is 0 Å². The highest BCUT2D eigenvalue weighted by Gasteiger charge is 2.37. The molecule has 6 nitrogen and oxygen atoms in total. The average molecular weight is 404 g/mol. The van der Waals surface area contributed by atoms with E-state index in [-0.39, 0.29) is 11.7 Å². The molecule has 1 aliphatic heterocycles. The van der Waals surface area contributed by atoms with E-state index in [1.165, 1.54) is 12.1 Å². The molecule has 0 saturated carbocycles. The molecule has 0 fully saturated rings. The van der Waals surface area contributed by atoms with E-state index in [2.05, 4.69) is 5.10 Å². The molecule has 2 amide bonds. The molecule has 5 rings (SSSR count). The number of nitrogens with two attached hydrogens (primary N) is 1. The lowest BCUT2D eigenvalue weighted by Gasteiger charge is -2.34. The number of fused-ring (bicyclic) bond motifs is 2. The van der Waals surface area contributed by atoms with E-state index in [0.717, 1.165) is 41.6 Å². The Bertz CT molecular complexity index is 1150. The van der Waals surface area contributed by atoms with Crippen molar-refractivity contribution in [2.24, 2.45) is 5.73 Å². The van der Waals surface area contributed by atoms with Crippen LogP contribution in [0.2, 0.25) is 0 Å². The third kappa shape index (κ3) is 2.98. The van der Waals surface area contributed by atoms with E-state index in [1.54, 1.807) is 21.7 Å². The van der Waals surface area contributed by atoms with Crippen LogP contribution in [0.4, 0.5) is 4.39 Å². The highest BCUT2D eigenvalue weighted by atomic mass is 19.1. The summed E-state index contributed by atoms with van der Waals surface area (Å²) in [6, 6.07) is 13.1. The minimum Gasteiger partial charge on any atom is -0.368 e. The molecule has 0 unspecified atom stereocenters. The van der Waals surface area contributed by atoms with E-state index in [4.69, 9.17) is 5.73 Å². The summed E-state index contributed by atoms with van der Waals surface area (Å²) in [4.78, 5) is 27.3. The maximum Gasteiger partial charge on any atom is 0.275 e. The van der Waals surface area contributed by atoms with Crippen LogP contribution in [0.3, 0.4) is 0 Å². The zero-order valence-electron chi connectivity index (χ0n) is 16.3. The van der Waals surface area contributed by atoms with Gasteiger partial charge in [-0.1, -0.05) is 24.3 Å². The predicted molar refractivity (Wildman–Crippen MR) is 109 cm³/mol. The van der Waals surface area contributed by atoms with Gasteiger partial charge in [0.15, 0.2) is 5.69 Å². The molecule has 0 spiro atoms. The van der Waals surface area contributed by atoms with Crippen LogP contribution in [0, 0.1) is 5.82 Å². The number of carbonyl (C=O) groups is 2. The van der Waals surface area contributed by atoms with Gasteiger partial charge in [0.25, 0.3) is 5.91 Å². The van der Waals surface area contributed by atoms with Gasteiger partial charge in [-0.25, -0.2) is 9.07 Å². The Balaban J connectivity index is 1.55. The maximum atomic E-state index is 13.6. The van der Waals surface area contributed by atoms with Crippen LogP contribution in [0.1, 0.15) is 39.3 Å². The fraction of sp³-hybridized carbons (Fsp3) is 0.261. The second kappa shape index (κ2) is 7.09. The summed E-state index contributed by atoms with van der Waals surface area (Å²) >= 11 is 0. The molecule has 2 aliphatic rings. The molecule has 0 radical (unpaired) electrons. The maximum absolute atomic E-state index is 13.6. The Morgan fingerprint density at radius 1 is 1.03 bits per heavy atom. The van der Waals surface area contributed by atoms with Crippen LogP contribution in [0.25, 0.3) is 5.69 Å². The first kappa shape index (κ1) is 18.5. The highest BCUT2D eigenvalue weighted by molar-refractivity contribution is 5.97. The lowest BCUT2D eigenvalue weighted by molar-refractivity contribution is -0.122. The average Bonchev–Trinajstić information content (AvgIpc) is 3.36. The summed E-state index contributed by atoms with van der Waals surface area (Å²) < 4.78 is 15.1. The van der Waals surface area contributed by atoms with Crippen LogP contribution in [-0.2, 0) is 30.6 Å². The summed E-state index contributed by atoms with van der Waals surface area (Å²) in [5, 5.41) is 4.61. The van der Waals surface area contributed by atoms with E-state index in [1.807, 2.05) is 24.3 Å². The molecule has 2 heterocycles. The van der Waals surface area contributed by atoms with Crippen LogP contribution in [0.5, 0.6) is 0 Å². The Kier molecular flexibility index (Phi) is 4.38. The van der Waals surface area contributed by atoms with Gasteiger partial charge in [0.2, 0.25) is 5.91 Å². The molecule has 152 valence electrons. The fourth-order valence-corrected chi connectivity index (χ4v) is 4.53. The van der Waals surface area contributed by atoms with Gasteiger partial charge in [-0.2, -0.15) is 5.10 Å².